The van der Waals surface area contributed by atoms with Crippen molar-refractivity contribution < 1.29 is 9.59 Å². The maximum Gasteiger partial charge on any atom is 0.234 e. The highest BCUT2D eigenvalue weighted by molar-refractivity contribution is 8.03. The van der Waals surface area contributed by atoms with Crippen LogP contribution in [0.25, 0.3) is 0 Å². The van der Waals surface area contributed by atoms with Crippen molar-refractivity contribution in [2.75, 3.05) is 17.3 Å². The third kappa shape index (κ3) is 5.26. The van der Waals surface area contributed by atoms with Gasteiger partial charge in [0.1, 0.15) is 0 Å². The average Bonchev–Trinajstić information content (AvgIpc) is 2.74. The van der Waals surface area contributed by atoms with Gasteiger partial charge in [-0.1, -0.05) is 36.0 Å². The van der Waals surface area contributed by atoms with Gasteiger partial charge in [0.25, 0.3) is 0 Å². The molecule has 2 amide bonds. The maximum absolute atomic E-state index is 12.5. The fourth-order valence-corrected chi connectivity index (χ4v) is 4.53. The number of anilines is 1. The highest BCUT2D eigenvalue weighted by Crippen LogP contribution is 2.36. The molecular formula is C23H23N3O2S2. The Balaban J connectivity index is 1.76. The van der Waals surface area contributed by atoms with Gasteiger partial charge in [0.2, 0.25) is 11.8 Å². The summed E-state index contributed by atoms with van der Waals surface area (Å²) in [5.74, 6) is -0.527. The molecule has 30 heavy (non-hydrogen) atoms. The van der Waals surface area contributed by atoms with Crippen LogP contribution < -0.4 is 10.6 Å². The average molecular weight is 438 g/mol. The first-order valence-corrected chi connectivity index (χ1v) is 11.7. The first-order valence-electron chi connectivity index (χ1n) is 9.49. The number of hydrogen-bond donors (Lipinski definition) is 2. The van der Waals surface area contributed by atoms with E-state index < -0.39 is 0 Å². The number of amides is 2. The number of hydrogen-bond acceptors (Lipinski definition) is 5. The molecule has 0 unspecified atom stereocenters. The molecule has 0 spiro atoms. The van der Waals surface area contributed by atoms with Crippen LogP contribution in [0.5, 0.6) is 0 Å². The van der Waals surface area contributed by atoms with Gasteiger partial charge in [-0.05, 0) is 55.0 Å². The highest BCUT2D eigenvalue weighted by Gasteiger charge is 2.29. The summed E-state index contributed by atoms with van der Waals surface area (Å²) >= 11 is 2.83. The molecule has 154 valence electrons. The second-order valence-electron chi connectivity index (χ2n) is 7.09. The number of allylic oxidation sites excluding steroid dienone is 1. The Labute approximate surface area is 185 Å². The van der Waals surface area contributed by atoms with Crippen LogP contribution in [0.1, 0.15) is 29.0 Å². The fourth-order valence-electron chi connectivity index (χ4n) is 3.25. The topological polar surface area (TPSA) is 82.0 Å². The summed E-state index contributed by atoms with van der Waals surface area (Å²) in [6.45, 7) is 3.91. The van der Waals surface area contributed by atoms with Crippen molar-refractivity contribution in [1.82, 2.24) is 5.32 Å². The lowest BCUT2D eigenvalue weighted by Crippen LogP contribution is -2.31. The number of carbonyl (C=O) groups is 2. The zero-order chi connectivity index (χ0) is 21.7. The zero-order valence-electron chi connectivity index (χ0n) is 17.1. The summed E-state index contributed by atoms with van der Waals surface area (Å²) in [7, 11) is 0. The number of thioether (sulfide) groups is 2. The smallest absolute Gasteiger partial charge is 0.234 e. The van der Waals surface area contributed by atoms with Gasteiger partial charge < -0.3 is 10.6 Å². The lowest BCUT2D eigenvalue weighted by molar-refractivity contribution is -0.121. The van der Waals surface area contributed by atoms with Crippen LogP contribution in [0.4, 0.5) is 5.69 Å². The standard InChI is InChI=1S/C23H23N3O2S2/c1-14-4-5-15(2)20(10-14)25-22(28)13-30-23-19(12-24)18(11-21(27)26-23)16-6-8-17(29-3)9-7-16/h4-10,18H,11,13H2,1-3H3,(H,25,28)(H,26,27)/t18-/m1/s1. The van der Waals surface area contributed by atoms with Gasteiger partial charge in [-0.3, -0.25) is 9.59 Å². The number of carbonyl (C=O) groups excluding carboxylic acids is 2. The molecule has 5 nitrogen and oxygen atoms in total. The Bertz CT molecular complexity index is 1040. The van der Waals surface area contributed by atoms with Crippen LogP contribution >= 0.6 is 23.5 Å². The lowest BCUT2D eigenvalue weighted by Gasteiger charge is -2.25. The molecule has 1 heterocycles. The molecule has 2 aromatic rings. The molecule has 0 saturated carbocycles. The second-order valence-corrected chi connectivity index (χ2v) is 8.95. The van der Waals surface area contributed by atoms with Gasteiger partial charge in [0.15, 0.2) is 0 Å². The molecule has 0 aliphatic carbocycles. The van der Waals surface area contributed by atoms with E-state index in [-0.39, 0.29) is 29.9 Å². The van der Waals surface area contributed by atoms with Gasteiger partial charge in [0, 0.05) is 22.9 Å². The predicted molar refractivity (Wildman–Crippen MR) is 123 cm³/mol. The van der Waals surface area contributed by atoms with Crippen molar-refractivity contribution in [3.8, 4) is 6.07 Å². The van der Waals surface area contributed by atoms with Gasteiger partial charge in [0.05, 0.1) is 22.4 Å². The molecule has 1 aliphatic heterocycles. The van der Waals surface area contributed by atoms with Crippen molar-refractivity contribution in [3.05, 3.63) is 69.8 Å². The zero-order valence-corrected chi connectivity index (χ0v) is 18.7. The summed E-state index contributed by atoms with van der Waals surface area (Å²) in [5.41, 5.74) is 4.24. The molecule has 1 aliphatic rings. The Morgan fingerprint density at radius 2 is 1.97 bits per heavy atom. The van der Waals surface area contributed by atoms with Crippen molar-refractivity contribution in [3.63, 3.8) is 0 Å². The molecule has 3 rings (SSSR count). The summed E-state index contributed by atoms with van der Waals surface area (Å²) in [6.07, 6.45) is 2.22. The monoisotopic (exact) mass is 437 g/mol. The van der Waals surface area contributed by atoms with Crippen molar-refractivity contribution in [2.45, 2.75) is 31.1 Å². The third-order valence-corrected chi connectivity index (χ3v) is 6.65. The van der Waals surface area contributed by atoms with Crippen LogP contribution in [0.15, 0.2) is 58.0 Å². The van der Waals surface area contributed by atoms with E-state index in [2.05, 4.69) is 16.7 Å². The molecule has 0 saturated heterocycles. The number of nitrogens with one attached hydrogen (secondary N) is 2. The maximum atomic E-state index is 12.5. The normalized spacial score (nSPS) is 16.1. The number of nitriles is 1. The summed E-state index contributed by atoms with van der Waals surface area (Å²) in [5, 5.41) is 15.9. The molecule has 0 aromatic heterocycles. The lowest BCUT2D eigenvalue weighted by atomic mass is 9.87. The van der Waals surface area contributed by atoms with E-state index in [4.69, 9.17) is 0 Å². The summed E-state index contributed by atoms with van der Waals surface area (Å²) < 4.78 is 0. The summed E-state index contributed by atoms with van der Waals surface area (Å²) in [6, 6.07) is 16.0. The molecule has 0 bridgehead atoms. The molecule has 1 atom stereocenters. The largest absolute Gasteiger partial charge is 0.325 e. The van der Waals surface area contributed by atoms with Crippen LogP contribution in [0.2, 0.25) is 0 Å². The number of rotatable bonds is 6. The van der Waals surface area contributed by atoms with E-state index >= 15 is 0 Å². The third-order valence-electron chi connectivity index (χ3n) is 4.89. The Hall–Kier alpha value is -2.69. The Morgan fingerprint density at radius 1 is 1.23 bits per heavy atom. The molecule has 0 fully saturated rings. The SMILES string of the molecule is CSc1ccc([C@H]2CC(=O)NC(SCC(=O)Nc3cc(C)ccc3C)=C2C#N)cc1. The highest BCUT2D eigenvalue weighted by atomic mass is 32.2. The number of benzene rings is 2. The molecule has 2 aromatic carbocycles. The van der Waals surface area contributed by atoms with Crippen molar-refractivity contribution in [2.24, 2.45) is 0 Å². The van der Waals surface area contributed by atoms with Crippen LogP contribution in [-0.4, -0.2) is 23.8 Å². The van der Waals surface area contributed by atoms with Gasteiger partial charge in [-0.2, -0.15) is 5.26 Å². The van der Waals surface area contributed by atoms with E-state index in [1.54, 1.807) is 11.8 Å². The van der Waals surface area contributed by atoms with E-state index in [0.717, 1.165) is 27.3 Å². The van der Waals surface area contributed by atoms with E-state index in [1.165, 1.54) is 11.8 Å². The predicted octanol–water partition coefficient (Wildman–Crippen LogP) is 4.74. The van der Waals surface area contributed by atoms with Gasteiger partial charge in [-0.15, -0.1) is 11.8 Å². The molecule has 7 heteroatoms. The Kier molecular flexibility index (Phi) is 7.24. The minimum Gasteiger partial charge on any atom is -0.325 e. The van der Waals surface area contributed by atoms with Crippen LogP contribution in [-0.2, 0) is 9.59 Å². The van der Waals surface area contributed by atoms with Gasteiger partial charge in [-0.25, -0.2) is 0 Å². The molecular weight excluding hydrogens is 414 g/mol. The number of aryl methyl sites for hydroxylation is 2. The second kappa shape index (κ2) is 9.88. The quantitative estimate of drug-likeness (QED) is 0.638. The van der Waals surface area contributed by atoms with Crippen molar-refractivity contribution >= 4 is 41.0 Å². The minimum atomic E-state index is -0.302. The molecule has 2 N–H and O–H groups in total. The summed E-state index contributed by atoms with van der Waals surface area (Å²) in [4.78, 5) is 25.9. The Morgan fingerprint density at radius 3 is 2.63 bits per heavy atom. The van der Waals surface area contributed by atoms with Crippen LogP contribution in [0.3, 0.4) is 0 Å². The first-order chi connectivity index (χ1) is 14.4. The van der Waals surface area contributed by atoms with E-state index in [9.17, 15) is 14.9 Å². The minimum absolute atomic E-state index is 0.103. The number of nitrogens with zero attached hydrogens (tertiary/aromatic N) is 1. The van der Waals surface area contributed by atoms with Crippen LogP contribution in [0, 0.1) is 25.2 Å². The van der Waals surface area contributed by atoms with E-state index in [1.807, 2.05) is 62.6 Å². The molecule has 0 radical (unpaired) electrons. The van der Waals surface area contributed by atoms with Crippen molar-refractivity contribution in [1.29, 1.82) is 5.26 Å². The first kappa shape index (κ1) is 22.0. The van der Waals surface area contributed by atoms with Gasteiger partial charge >= 0.3 is 0 Å². The fraction of sp³-hybridized carbons (Fsp3) is 0.261. The van der Waals surface area contributed by atoms with E-state index in [0.29, 0.717) is 10.6 Å².